The molecule has 2 aromatic heterocycles. The molecule has 3 aromatic rings. The summed E-state index contributed by atoms with van der Waals surface area (Å²) in [7, 11) is 0. The third-order valence-corrected chi connectivity index (χ3v) is 5.11. The zero-order valence-electron chi connectivity index (χ0n) is 17.5. The van der Waals surface area contributed by atoms with Gasteiger partial charge in [-0.25, -0.2) is 18.9 Å². The summed E-state index contributed by atoms with van der Waals surface area (Å²) in [5.41, 5.74) is 1.42. The fourth-order valence-corrected chi connectivity index (χ4v) is 3.61. The number of fused-ring (bicyclic) bond motifs is 1. The quantitative estimate of drug-likeness (QED) is 0.644. The molecule has 0 aliphatic carbocycles. The summed E-state index contributed by atoms with van der Waals surface area (Å²) in [5, 5.41) is 15.1. The van der Waals surface area contributed by atoms with E-state index >= 15 is 0 Å². The minimum Gasteiger partial charge on any atom is -0.444 e. The molecule has 1 amide bonds. The Balaban J connectivity index is 1.72. The molecule has 1 saturated heterocycles. The Kier molecular flexibility index (Phi) is 5.22. The molecule has 0 saturated carbocycles. The van der Waals surface area contributed by atoms with E-state index in [4.69, 9.17) is 4.74 Å². The zero-order chi connectivity index (χ0) is 22.3. The summed E-state index contributed by atoms with van der Waals surface area (Å²) in [6.07, 6.45) is 1.70. The number of likely N-dealkylation sites (tertiary alicyclic amines) is 1. The summed E-state index contributed by atoms with van der Waals surface area (Å²) in [5.74, 6) is -0.719. The Bertz CT molecular complexity index is 1160. The topological polar surface area (TPSA) is 97.6 Å². The van der Waals surface area contributed by atoms with E-state index < -0.39 is 17.5 Å². The molecular weight excluding hydrogens is 403 g/mol. The van der Waals surface area contributed by atoms with Crippen LogP contribution >= 0.6 is 0 Å². The minimum atomic E-state index is -0.610. The van der Waals surface area contributed by atoms with E-state index in [0.717, 1.165) is 6.07 Å². The SMILES string of the molecule is CC(C)(C)OC(=O)N1CC(c2nn(-c3ccc(C=O)cc3F)c3nccc(CO)c23)C1. The number of amides is 1. The van der Waals surface area contributed by atoms with Crippen molar-refractivity contribution in [2.24, 2.45) is 0 Å². The van der Waals surface area contributed by atoms with E-state index in [2.05, 4.69) is 10.1 Å². The first-order valence-electron chi connectivity index (χ1n) is 9.92. The minimum absolute atomic E-state index is 0.108. The van der Waals surface area contributed by atoms with Crippen molar-refractivity contribution < 1.29 is 23.8 Å². The maximum Gasteiger partial charge on any atom is 0.410 e. The highest BCUT2D eigenvalue weighted by Crippen LogP contribution is 2.35. The molecule has 162 valence electrons. The number of aldehydes is 1. The predicted octanol–water partition coefficient (Wildman–Crippen LogP) is 3.20. The lowest BCUT2D eigenvalue weighted by Gasteiger charge is -2.39. The van der Waals surface area contributed by atoms with Crippen LogP contribution in [0.25, 0.3) is 16.7 Å². The Morgan fingerprint density at radius 1 is 1.32 bits per heavy atom. The number of rotatable bonds is 4. The van der Waals surface area contributed by atoms with Gasteiger partial charge in [0.15, 0.2) is 5.65 Å². The van der Waals surface area contributed by atoms with Gasteiger partial charge in [0.05, 0.1) is 12.3 Å². The highest BCUT2D eigenvalue weighted by Gasteiger charge is 2.38. The number of ether oxygens (including phenoxy) is 1. The second-order valence-corrected chi connectivity index (χ2v) is 8.53. The van der Waals surface area contributed by atoms with Crippen LogP contribution in [0.2, 0.25) is 0 Å². The van der Waals surface area contributed by atoms with Crippen molar-refractivity contribution in [2.75, 3.05) is 13.1 Å². The summed E-state index contributed by atoms with van der Waals surface area (Å²) in [4.78, 5) is 29.2. The summed E-state index contributed by atoms with van der Waals surface area (Å²) in [6.45, 7) is 5.98. The van der Waals surface area contributed by atoms with Crippen LogP contribution in [0.4, 0.5) is 9.18 Å². The monoisotopic (exact) mass is 426 g/mol. The second-order valence-electron chi connectivity index (χ2n) is 8.53. The lowest BCUT2D eigenvalue weighted by atomic mass is 9.93. The molecule has 0 atom stereocenters. The van der Waals surface area contributed by atoms with Crippen LogP contribution in [0, 0.1) is 5.82 Å². The number of halogens is 1. The summed E-state index contributed by atoms with van der Waals surface area (Å²) >= 11 is 0. The number of carbonyl (C=O) groups is 2. The Hall–Kier alpha value is -3.33. The number of pyridine rings is 1. The van der Waals surface area contributed by atoms with Crippen molar-refractivity contribution in [3.05, 3.63) is 53.1 Å². The van der Waals surface area contributed by atoms with Gasteiger partial charge in [-0.2, -0.15) is 5.10 Å². The van der Waals surface area contributed by atoms with Gasteiger partial charge in [0.25, 0.3) is 0 Å². The molecule has 9 heteroatoms. The van der Waals surface area contributed by atoms with Crippen molar-refractivity contribution in [2.45, 2.75) is 38.9 Å². The third-order valence-electron chi connectivity index (χ3n) is 5.11. The molecular formula is C22H23FN4O4. The van der Waals surface area contributed by atoms with Crippen LogP contribution < -0.4 is 0 Å². The van der Waals surface area contributed by atoms with Gasteiger partial charge in [-0.3, -0.25) is 4.79 Å². The molecule has 4 rings (SSSR count). The number of aromatic nitrogens is 3. The average molecular weight is 426 g/mol. The fraction of sp³-hybridized carbons (Fsp3) is 0.364. The first-order valence-corrected chi connectivity index (χ1v) is 9.92. The van der Waals surface area contributed by atoms with Gasteiger partial charge in [0, 0.05) is 36.2 Å². The van der Waals surface area contributed by atoms with Crippen LogP contribution in [0.15, 0.2) is 30.5 Å². The number of hydrogen-bond acceptors (Lipinski definition) is 6. The standard InChI is InChI=1S/C22H23FN4O4/c1-22(2,3)31-21(30)26-9-15(10-26)19-18-14(12-29)6-7-24-20(18)27(25-19)17-5-4-13(11-28)8-16(17)23/h4-8,11,15,29H,9-10,12H2,1-3H3. The fourth-order valence-electron chi connectivity index (χ4n) is 3.61. The molecule has 1 aliphatic heterocycles. The van der Waals surface area contributed by atoms with Crippen LogP contribution in [-0.2, 0) is 11.3 Å². The molecule has 1 fully saturated rings. The second kappa shape index (κ2) is 7.73. The molecule has 1 aliphatic rings. The van der Waals surface area contributed by atoms with Crippen molar-refractivity contribution in [1.82, 2.24) is 19.7 Å². The van der Waals surface area contributed by atoms with Gasteiger partial charge in [0.2, 0.25) is 0 Å². The third kappa shape index (κ3) is 3.88. The van der Waals surface area contributed by atoms with Gasteiger partial charge in [0.1, 0.15) is 23.4 Å². The van der Waals surface area contributed by atoms with E-state index in [1.807, 2.05) is 0 Å². The lowest BCUT2D eigenvalue weighted by Crippen LogP contribution is -2.50. The molecule has 31 heavy (non-hydrogen) atoms. The van der Waals surface area contributed by atoms with E-state index in [9.17, 15) is 19.1 Å². The number of nitrogens with zero attached hydrogens (tertiary/aromatic N) is 4. The van der Waals surface area contributed by atoms with Crippen molar-refractivity contribution in [3.8, 4) is 5.69 Å². The molecule has 1 N–H and O–H groups in total. The number of aliphatic hydroxyl groups excluding tert-OH is 1. The maximum atomic E-state index is 14.7. The molecule has 8 nitrogen and oxygen atoms in total. The zero-order valence-corrected chi connectivity index (χ0v) is 17.5. The van der Waals surface area contributed by atoms with Gasteiger partial charge < -0.3 is 14.7 Å². The average Bonchev–Trinajstić information content (AvgIpc) is 3.04. The first kappa shape index (κ1) is 20.9. The Morgan fingerprint density at radius 3 is 2.68 bits per heavy atom. The molecule has 0 radical (unpaired) electrons. The van der Waals surface area contributed by atoms with Crippen LogP contribution in [0.3, 0.4) is 0 Å². The predicted molar refractivity (Wildman–Crippen MR) is 111 cm³/mol. The van der Waals surface area contributed by atoms with Crippen LogP contribution in [-0.4, -0.2) is 55.8 Å². The number of aliphatic hydroxyl groups is 1. The maximum absolute atomic E-state index is 14.7. The van der Waals surface area contributed by atoms with Gasteiger partial charge >= 0.3 is 6.09 Å². The highest BCUT2D eigenvalue weighted by atomic mass is 19.1. The molecule has 0 bridgehead atoms. The number of hydrogen-bond donors (Lipinski definition) is 1. The van der Waals surface area contributed by atoms with E-state index in [0.29, 0.717) is 41.7 Å². The number of carbonyl (C=O) groups excluding carboxylic acids is 2. The van der Waals surface area contributed by atoms with Crippen molar-refractivity contribution in [1.29, 1.82) is 0 Å². The Labute approximate surface area is 178 Å². The lowest BCUT2D eigenvalue weighted by molar-refractivity contribution is 0.00793. The van der Waals surface area contributed by atoms with Crippen LogP contribution in [0.1, 0.15) is 48.3 Å². The normalized spacial score (nSPS) is 14.5. The van der Waals surface area contributed by atoms with Crippen molar-refractivity contribution >= 4 is 23.4 Å². The smallest absolute Gasteiger partial charge is 0.410 e. The Morgan fingerprint density at radius 2 is 2.06 bits per heavy atom. The molecule has 0 unspecified atom stereocenters. The molecule has 0 spiro atoms. The number of benzene rings is 1. The highest BCUT2D eigenvalue weighted by molar-refractivity contribution is 5.85. The van der Waals surface area contributed by atoms with Gasteiger partial charge in [-0.1, -0.05) is 0 Å². The molecule has 1 aromatic carbocycles. The summed E-state index contributed by atoms with van der Waals surface area (Å²) < 4.78 is 21.5. The molecule has 3 heterocycles. The van der Waals surface area contributed by atoms with E-state index in [1.165, 1.54) is 23.0 Å². The van der Waals surface area contributed by atoms with Gasteiger partial charge in [-0.15, -0.1) is 0 Å². The van der Waals surface area contributed by atoms with Crippen molar-refractivity contribution in [3.63, 3.8) is 0 Å². The van der Waals surface area contributed by atoms with E-state index in [1.54, 1.807) is 31.7 Å². The largest absolute Gasteiger partial charge is 0.444 e. The van der Waals surface area contributed by atoms with E-state index in [-0.39, 0.29) is 23.8 Å². The first-order chi connectivity index (χ1) is 14.7. The summed E-state index contributed by atoms with van der Waals surface area (Å²) in [6, 6.07) is 5.80. The van der Waals surface area contributed by atoms with Crippen LogP contribution in [0.5, 0.6) is 0 Å². The van der Waals surface area contributed by atoms with Gasteiger partial charge in [-0.05, 0) is 50.6 Å².